The van der Waals surface area contributed by atoms with Crippen LogP contribution in [-0.2, 0) is 0 Å². The number of aliphatic hydroxyl groups is 1. The molecular formula is C10H17N3O2S. The molecule has 16 heavy (non-hydrogen) atoms. The minimum Gasteiger partial charge on any atom is -0.396 e. The van der Waals surface area contributed by atoms with Gasteiger partial charge in [-0.1, -0.05) is 18.3 Å². The van der Waals surface area contributed by atoms with Gasteiger partial charge in [0.25, 0.3) is 5.91 Å². The Morgan fingerprint density at radius 3 is 2.88 bits per heavy atom. The normalized spacial score (nSPS) is 10.8. The first kappa shape index (κ1) is 13.1. The molecule has 90 valence electrons. The maximum atomic E-state index is 11.8. The van der Waals surface area contributed by atoms with Crippen molar-refractivity contribution in [2.45, 2.75) is 32.6 Å². The molecule has 0 bridgehead atoms. The summed E-state index contributed by atoms with van der Waals surface area (Å²) < 4.78 is 3.80. The number of unbranched alkanes of at least 4 members (excludes halogenated alkanes) is 1. The first-order valence-corrected chi connectivity index (χ1v) is 6.15. The molecule has 6 heteroatoms. The van der Waals surface area contributed by atoms with Gasteiger partial charge in [0.05, 0.1) is 5.69 Å². The predicted molar refractivity (Wildman–Crippen MR) is 62.7 cm³/mol. The third-order valence-electron chi connectivity index (χ3n) is 2.14. The molecule has 5 nitrogen and oxygen atoms in total. The lowest BCUT2D eigenvalue weighted by Crippen LogP contribution is -2.24. The number of hydrogen-bond donors (Lipinski definition) is 2. The molecule has 0 saturated carbocycles. The topological polar surface area (TPSA) is 75.1 Å². The average molecular weight is 243 g/mol. The van der Waals surface area contributed by atoms with Crippen LogP contribution in [0.15, 0.2) is 0 Å². The molecule has 2 N–H and O–H groups in total. The van der Waals surface area contributed by atoms with Crippen LogP contribution in [0.3, 0.4) is 0 Å². The Balaban J connectivity index is 2.49. The van der Waals surface area contributed by atoms with E-state index >= 15 is 0 Å². The van der Waals surface area contributed by atoms with Gasteiger partial charge in [-0.3, -0.25) is 4.79 Å². The van der Waals surface area contributed by atoms with Gasteiger partial charge in [-0.15, -0.1) is 5.10 Å². The van der Waals surface area contributed by atoms with Crippen molar-refractivity contribution in [3.05, 3.63) is 10.6 Å². The van der Waals surface area contributed by atoms with Crippen molar-refractivity contribution in [2.24, 2.45) is 0 Å². The van der Waals surface area contributed by atoms with E-state index in [1.54, 1.807) is 0 Å². The van der Waals surface area contributed by atoms with Crippen molar-refractivity contribution >= 4 is 17.4 Å². The first-order chi connectivity index (χ1) is 7.66. The van der Waals surface area contributed by atoms with E-state index in [2.05, 4.69) is 14.9 Å². The fourth-order valence-corrected chi connectivity index (χ4v) is 1.99. The first-order valence-electron chi connectivity index (χ1n) is 5.38. The van der Waals surface area contributed by atoms with Gasteiger partial charge >= 0.3 is 0 Å². The van der Waals surface area contributed by atoms with Gasteiger partial charge in [0.2, 0.25) is 0 Å². The second kappa shape index (κ2) is 6.55. The highest BCUT2D eigenvalue weighted by Gasteiger charge is 2.17. The lowest BCUT2D eigenvalue weighted by Gasteiger charge is -2.05. The Morgan fingerprint density at radius 2 is 2.25 bits per heavy atom. The number of carbonyl (C=O) groups is 1. The zero-order chi connectivity index (χ0) is 12.0. The minimum absolute atomic E-state index is 0.114. The van der Waals surface area contributed by atoms with E-state index in [9.17, 15) is 4.79 Å². The van der Waals surface area contributed by atoms with Crippen LogP contribution in [0.5, 0.6) is 0 Å². The summed E-state index contributed by atoms with van der Waals surface area (Å²) in [7, 11) is 0. The number of nitrogens with zero attached hydrogens (tertiary/aromatic N) is 2. The van der Waals surface area contributed by atoms with Crippen LogP contribution in [0.4, 0.5) is 0 Å². The summed E-state index contributed by atoms with van der Waals surface area (Å²) in [5.41, 5.74) is 0.754. The van der Waals surface area contributed by atoms with E-state index in [0.29, 0.717) is 17.8 Å². The van der Waals surface area contributed by atoms with Crippen molar-refractivity contribution < 1.29 is 9.90 Å². The molecule has 0 radical (unpaired) electrons. The van der Waals surface area contributed by atoms with E-state index in [-0.39, 0.29) is 18.4 Å². The van der Waals surface area contributed by atoms with E-state index in [1.807, 2.05) is 13.8 Å². The maximum absolute atomic E-state index is 11.8. The molecule has 1 heterocycles. The highest BCUT2D eigenvalue weighted by atomic mass is 32.1. The number of carbonyl (C=O) groups excluding carboxylic acids is 1. The summed E-state index contributed by atoms with van der Waals surface area (Å²) in [6, 6.07) is 0. The molecule has 0 saturated heterocycles. The standard InChI is InChI=1S/C10H17N3O2S/c1-7(2)8-9(16-13-12-8)10(15)11-5-3-4-6-14/h7,14H,3-6H2,1-2H3,(H,11,15). The molecule has 0 aliphatic heterocycles. The second-order valence-corrected chi connectivity index (χ2v) is 4.58. The smallest absolute Gasteiger partial charge is 0.264 e. The summed E-state index contributed by atoms with van der Waals surface area (Å²) in [6.07, 6.45) is 1.49. The van der Waals surface area contributed by atoms with Gasteiger partial charge in [-0.2, -0.15) is 0 Å². The summed E-state index contributed by atoms with van der Waals surface area (Å²) in [4.78, 5) is 12.3. The Morgan fingerprint density at radius 1 is 1.50 bits per heavy atom. The molecule has 0 aliphatic rings. The predicted octanol–water partition coefficient (Wildman–Crippen LogP) is 1.16. The highest BCUT2D eigenvalue weighted by Crippen LogP contribution is 2.19. The third kappa shape index (κ3) is 3.53. The van der Waals surface area contributed by atoms with Crippen LogP contribution in [-0.4, -0.2) is 33.8 Å². The van der Waals surface area contributed by atoms with Gasteiger partial charge in [0.1, 0.15) is 4.88 Å². The SMILES string of the molecule is CC(C)c1nnsc1C(=O)NCCCCO. The number of rotatable bonds is 6. The van der Waals surface area contributed by atoms with Crippen molar-refractivity contribution in [1.82, 2.24) is 14.9 Å². The van der Waals surface area contributed by atoms with Gasteiger partial charge < -0.3 is 10.4 Å². The van der Waals surface area contributed by atoms with Gasteiger partial charge in [0, 0.05) is 13.2 Å². The van der Waals surface area contributed by atoms with E-state index in [4.69, 9.17) is 5.11 Å². The third-order valence-corrected chi connectivity index (χ3v) is 2.88. The van der Waals surface area contributed by atoms with Crippen LogP contribution >= 0.6 is 11.5 Å². The molecule has 0 spiro atoms. The summed E-state index contributed by atoms with van der Waals surface area (Å²) in [6.45, 7) is 4.71. The number of aliphatic hydroxyl groups excluding tert-OH is 1. The number of nitrogens with one attached hydrogen (secondary N) is 1. The molecule has 1 rings (SSSR count). The molecule has 0 unspecified atom stereocenters. The molecule has 0 fully saturated rings. The number of amides is 1. The van der Waals surface area contributed by atoms with Crippen molar-refractivity contribution in [3.8, 4) is 0 Å². The van der Waals surface area contributed by atoms with Gasteiger partial charge in [-0.25, -0.2) is 0 Å². The van der Waals surface area contributed by atoms with Crippen LogP contribution in [0.1, 0.15) is 48.0 Å². The lowest BCUT2D eigenvalue weighted by molar-refractivity contribution is 0.0954. The largest absolute Gasteiger partial charge is 0.396 e. The van der Waals surface area contributed by atoms with Gasteiger partial charge in [-0.05, 0) is 30.3 Å². The maximum Gasteiger partial charge on any atom is 0.264 e. The van der Waals surface area contributed by atoms with E-state index in [0.717, 1.165) is 23.6 Å². The average Bonchev–Trinajstić information content (AvgIpc) is 2.73. The molecule has 0 aromatic carbocycles. The van der Waals surface area contributed by atoms with Crippen LogP contribution in [0.2, 0.25) is 0 Å². The summed E-state index contributed by atoms with van der Waals surface area (Å²) in [5, 5.41) is 15.3. The van der Waals surface area contributed by atoms with Crippen LogP contribution in [0.25, 0.3) is 0 Å². The van der Waals surface area contributed by atoms with Crippen molar-refractivity contribution in [1.29, 1.82) is 0 Å². The fraction of sp³-hybridized carbons (Fsp3) is 0.700. The summed E-state index contributed by atoms with van der Waals surface area (Å²) >= 11 is 1.13. The van der Waals surface area contributed by atoms with E-state index in [1.165, 1.54) is 0 Å². The zero-order valence-electron chi connectivity index (χ0n) is 9.56. The monoisotopic (exact) mass is 243 g/mol. The van der Waals surface area contributed by atoms with Crippen molar-refractivity contribution in [3.63, 3.8) is 0 Å². The van der Waals surface area contributed by atoms with Crippen molar-refractivity contribution in [2.75, 3.05) is 13.2 Å². The Bertz CT molecular complexity index is 339. The molecule has 1 aromatic rings. The van der Waals surface area contributed by atoms with E-state index < -0.39 is 0 Å². The molecule has 1 aromatic heterocycles. The lowest BCUT2D eigenvalue weighted by atomic mass is 10.1. The fourth-order valence-electron chi connectivity index (χ4n) is 1.25. The minimum atomic E-state index is -0.114. The molecular weight excluding hydrogens is 226 g/mol. The number of hydrogen-bond acceptors (Lipinski definition) is 5. The Hall–Kier alpha value is -1.01. The number of aromatic nitrogens is 2. The molecule has 0 atom stereocenters. The zero-order valence-corrected chi connectivity index (χ0v) is 10.4. The molecule has 1 amide bonds. The van der Waals surface area contributed by atoms with Gasteiger partial charge in [0.15, 0.2) is 0 Å². The highest BCUT2D eigenvalue weighted by molar-refractivity contribution is 7.08. The Labute approximate surface area is 99.0 Å². The van der Waals surface area contributed by atoms with Crippen LogP contribution in [0, 0.1) is 0 Å². The Kier molecular flexibility index (Phi) is 5.34. The van der Waals surface area contributed by atoms with Crippen LogP contribution < -0.4 is 5.32 Å². The molecule has 0 aliphatic carbocycles. The quantitative estimate of drug-likeness (QED) is 0.735. The second-order valence-electron chi connectivity index (χ2n) is 3.83. The summed E-state index contributed by atoms with van der Waals surface area (Å²) in [5.74, 6) is 0.0913.